The zero-order valence-electron chi connectivity index (χ0n) is 8.29. The van der Waals surface area contributed by atoms with E-state index in [0.29, 0.717) is 12.5 Å². The molecule has 0 aromatic rings. The van der Waals surface area contributed by atoms with Crippen molar-refractivity contribution >= 4 is 0 Å². The summed E-state index contributed by atoms with van der Waals surface area (Å²) < 4.78 is 0. The maximum atomic E-state index is 8.91. The lowest BCUT2D eigenvalue weighted by Gasteiger charge is -2.30. The molecule has 0 bridgehead atoms. The Labute approximate surface area is 75.6 Å². The Balaban J connectivity index is 2.17. The number of likely N-dealkylation sites (tertiary alicyclic amines) is 1. The van der Waals surface area contributed by atoms with E-state index < -0.39 is 0 Å². The second-order valence-corrected chi connectivity index (χ2v) is 4.27. The summed E-state index contributed by atoms with van der Waals surface area (Å²) in [5.74, 6) is 1.36. The second kappa shape index (κ2) is 4.83. The van der Waals surface area contributed by atoms with Crippen LogP contribution in [0.1, 0.15) is 26.2 Å². The van der Waals surface area contributed by atoms with Gasteiger partial charge in [-0.1, -0.05) is 6.92 Å². The van der Waals surface area contributed by atoms with Crippen molar-refractivity contribution in [2.24, 2.45) is 11.8 Å². The zero-order valence-corrected chi connectivity index (χ0v) is 8.29. The van der Waals surface area contributed by atoms with Crippen molar-refractivity contribution in [2.75, 3.05) is 26.7 Å². The van der Waals surface area contributed by atoms with Crippen molar-refractivity contribution in [3.63, 3.8) is 0 Å². The van der Waals surface area contributed by atoms with Crippen molar-refractivity contribution in [3.05, 3.63) is 0 Å². The molecule has 1 rings (SSSR count). The molecular formula is C10H21NO. The van der Waals surface area contributed by atoms with E-state index in [9.17, 15) is 0 Å². The fourth-order valence-electron chi connectivity index (χ4n) is 1.94. The smallest absolute Gasteiger partial charge is 0.0456 e. The fourth-order valence-corrected chi connectivity index (χ4v) is 1.94. The molecule has 1 saturated heterocycles. The van der Waals surface area contributed by atoms with Gasteiger partial charge in [-0.2, -0.15) is 0 Å². The third-order valence-electron chi connectivity index (χ3n) is 2.89. The van der Waals surface area contributed by atoms with E-state index in [1.807, 2.05) is 0 Å². The average molecular weight is 171 g/mol. The summed E-state index contributed by atoms with van der Waals surface area (Å²) in [6.07, 6.45) is 3.85. The van der Waals surface area contributed by atoms with Gasteiger partial charge in [0, 0.05) is 6.61 Å². The lowest BCUT2D eigenvalue weighted by Crippen LogP contribution is -2.31. The normalized spacial score (nSPS) is 24.2. The van der Waals surface area contributed by atoms with Crippen molar-refractivity contribution in [3.8, 4) is 0 Å². The number of aliphatic hydroxyl groups excluding tert-OH is 1. The quantitative estimate of drug-likeness (QED) is 0.693. The lowest BCUT2D eigenvalue weighted by atomic mass is 9.88. The molecule has 2 heteroatoms. The predicted octanol–water partition coefficient (Wildman–Crippen LogP) is 1.35. The topological polar surface area (TPSA) is 23.5 Å². The van der Waals surface area contributed by atoms with E-state index in [2.05, 4.69) is 18.9 Å². The van der Waals surface area contributed by atoms with E-state index in [4.69, 9.17) is 5.11 Å². The fraction of sp³-hybridized carbons (Fsp3) is 1.00. The van der Waals surface area contributed by atoms with Gasteiger partial charge < -0.3 is 10.0 Å². The molecule has 1 aliphatic rings. The highest BCUT2D eigenvalue weighted by atomic mass is 16.3. The number of hydrogen-bond acceptors (Lipinski definition) is 2. The Morgan fingerprint density at radius 2 is 2.00 bits per heavy atom. The van der Waals surface area contributed by atoms with E-state index in [-0.39, 0.29) is 0 Å². The molecule has 2 nitrogen and oxygen atoms in total. The third kappa shape index (κ3) is 3.11. The first kappa shape index (κ1) is 10.0. The van der Waals surface area contributed by atoms with E-state index in [1.165, 1.54) is 32.4 Å². The van der Waals surface area contributed by atoms with Crippen LogP contribution in [-0.2, 0) is 0 Å². The highest BCUT2D eigenvalue weighted by molar-refractivity contribution is 4.71. The maximum absolute atomic E-state index is 8.91. The van der Waals surface area contributed by atoms with Gasteiger partial charge >= 0.3 is 0 Å². The summed E-state index contributed by atoms with van der Waals surface area (Å²) in [7, 11) is 2.19. The summed E-state index contributed by atoms with van der Waals surface area (Å²) >= 11 is 0. The van der Waals surface area contributed by atoms with Gasteiger partial charge in [0.2, 0.25) is 0 Å². The first-order valence-corrected chi connectivity index (χ1v) is 5.01. The Morgan fingerprint density at radius 1 is 1.42 bits per heavy atom. The van der Waals surface area contributed by atoms with Gasteiger partial charge in [0.1, 0.15) is 0 Å². The molecule has 12 heavy (non-hydrogen) atoms. The van der Waals surface area contributed by atoms with E-state index in [1.54, 1.807) is 0 Å². The third-order valence-corrected chi connectivity index (χ3v) is 2.89. The Kier molecular flexibility index (Phi) is 4.02. The molecule has 0 amide bonds. The zero-order chi connectivity index (χ0) is 8.97. The SMILES string of the molecule is CC(CO)CC1CCN(C)CC1. The molecule has 1 aliphatic heterocycles. The molecule has 1 unspecified atom stereocenters. The van der Waals surface area contributed by atoms with Gasteiger partial charge in [0.15, 0.2) is 0 Å². The van der Waals surface area contributed by atoms with Crippen LogP contribution >= 0.6 is 0 Å². The summed E-state index contributed by atoms with van der Waals surface area (Å²) in [4.78, 5) is 2.39. The van der Waals surface area contributed by atoms with E-state index in [0.717, 1.165) is 5.92 Å². The Hall–Kier alpha value is -0.0800. The Morgan fingerprint density at radius 3 is 2.50 bits per heavy atom. The van der Waals surface area contributed by atoms with Gasteiger partial charge in [0.05, 0.1) is 0 Å². The van der Waals surface area contributed by atoms with Gasteiger partial charge in [0.25, 0.3) is 0 Å². The Bertz CT molecular complexity index is 119. The van der Waals surface area contributed by atoms with E-state index >= 15 is 0 Å². The van der Waals surface area contributed by atoms with Crippen LogP contribution in [0.5, 0.6) is 0 Å². The maximum Gasteiger partial charge on any atom is 0.0456 e. The lowest BCUT2D eigenvalue weighted by molar-refractivity contribution is 0.166. The molecular weight excluding hydrogens is 150 g/mol. The van der Waals surface area contributed by atoms with Crippen molar-refractivity contribution in [1.82, 2.24) is 4.90 Å². The monoisotopic (exact) mass is 171 g/mol. The number of nitrogens with zero attached hydrogens (tertiary/aromatic N) is 1. The molecule has 0 spiro atoms. The highest BCUT2D eigenvalue weighted by Gasteiger charge is 2.18. The predicted molar refractivity (Wildman–Crippen MR) is 51.1 cm³/mol. The number of rotatable bonds is 3. The first-order valence-electron chi connectivity index (χ1n) is 5.01. The molecule has 0 radical (unpaired) electrons. The molecule has 1 heterocycles. The standard InChI is InChI=1S/C10H21NO/c1-9(8-12)7-10-3-5-11(2)6-4-10/h9-10,12H,3-8H2,1-2H3. The number of piperidine rings is 1. The minimum Gasteiger partial charge on any atom is -0.396 e. The van der Waals surface area contributed by atoms with Crippen molar-refractivity contribution < 1.29 is 5.11 Å². The van der Waals surface area contributed by atoms with Crippen LogP contribution in [0.2, 0.25) is 0 Å². The van der Waals surface area contributed by atoms with Crippen LogP contribution in [-0.4, -0.2) is 36.8 Å². The minimum atomic E-state index is 0.354. The summed E-state index contributed by atoms with van der Waals surface area (Å²) in [6, 6.07) is 0. The van der Waals surface area contributed by atoms with Crippen LogP contribution in [0.3, 0.4) is 0 Å². The van der Waals surface area contributed by atoms with Crippen LogP contribution in [0.25, 0.3) is 0 Å². The molecule has 0 aromatic carbocycles. The summed E-state index contributed by atoms with van der Waals surface area (Å²) in [5.41, 5.74) is 0. The van der Waals surface area contributed by atoms with Crippen LogP contribution in [0, 0.1) is 11.8 Å². The molecule has 72 valence electrons. The van der Waals surface area contributed by atoms with Crippen LogP contribution < -0.4 is 0 Å². The summed E-state index contributed by atoms with van der Waals surface area (Å²) in [6.45, 7) is 4.97. The molecule has 1 atom stereocenters. The largest absolute Gasteiger partial charge is 0.396 e. The number of aliphatic hydroxyl groups is 1. The minimum absolute atomic E-state index is 0.354. The highest BCUT2D eigenvalue weighted by Crippen LogP contribution is 2.22. The van der Waals surface area contributed by atoms with Crippen molar-refractivity contribution in [2.45, 2.75) is 26.2 Å². The van der Waals surface area contributed by atoms with Gasteiger partial charge in [-0.3, -0.25) is 0 Å². The first-order chi connectivity index (χ1) is 5.72. The van der Waals surface area contributed by atoms with Crippen LogP contribution in [0.15, 0.2) is 0 Å². The second-order valence-electron chi connectivity index (χ2n) is 4.27. The number of hydrogen-bond donors (Lipinski definition) is 1. The van der Waals surface area contributed by atoms with Gasteiger partial charge in [-0.25, -0.2) is 0 Å². The molecule has 0 saturated carbocycles. The molecule has 1 N–H and O–H groups in total. The van der Waals surface area contributed by atoms with Crippen molar-refractivity contribution in [1.29, 1.82) is 0 Å². The molecule has 0 aliphatic carbocycles. The average Bonchev–Trinajstić information content (AvgIpc) is 2.09. The summed E-state index contributed by atoms with van der Waals surface area (Å²) in [5, 5.41) is 8.91. The van der Waals surface area contributed by atoms with Crippen LogP contribution in [0.4, 0.5) is 0 Å². The van der Waals surface area contributed by atoms with Gasteiger partial charge in [-0.05, 0) is 51.2 Å². The molecule has 0 aromatic heterocycles. The molecule has 1 fully saturated rings. The van der Waals surface area contributed by atoms with Gasteiger partial charge in [-0.15, -0.1) is 0 Å².